The lowest BCUT2D eigenvalue weighted by molar-refractivity contribution is -0.139. The molecule has 1 aromatic carbocycles. The average Bonchev–Trinajstić information content (AvgIpc) is 3.01. The summed E-state index contributed by atoms with van der Waals surface area (Å²) in [6.45, 7) is 2.93. The number of nitrogens with zero attached hydrogens (tertiary/aromatic N) is 1. The molecule has 0 bridgehead atoms. The van der Waals surface area contributed by atoms with E-state index in [1.807, 2.05) is 0 Å². The summed E-state index contributed by atoms with van der Waals surface area (Å²) in [6.07, 6.45) is -0.521. The van der Waals surface area contributed by atoms with Crippen LogP contribution >= 0.6 is 0 Å². The Hall–Kier alpha value is -1.14. The van der Waals surface area contributed by atoms with E-state index >= 15 is 0 Å². The summed E-state index contributed by atoms with van der Waals surface area (Å²) in [7, 11) is 0. The van der Waals surface area contributed by atoms with Crippen LogP contribution in [0.4, 0.5) is 17.6 Å². The van der Waals surface area contributed by atoms with Gasteiger partial charge in [-0.05, 0) is 42.5 Å². The van der Waals surface area contributed by atoms with Crippen molar-refractivity contribution in [1.82, 2.24) is 10.2 Å². The first-order chi connectivity index (χ1) is 11.0. The van der Waals surface area contributed by atoms with E-state index in [1.54, 1.807) is 0 Å². The van der Waals surface area contributed by atoms with E-state index in [1.165, 1.54) is 0 Å². The average molecular weight is 330 g/mol. The van der Waals surface area contributed by atoms with Crippen LogP contribution in [0.5, 0.6) is 0 Å². The van der Waals surface area contributed by atoms with Crippen molar-refractivity contribution in [3.8, 4) is 0 Å². The van der Waals surface area contributed by atoms with E-state index in [2.05, 4.69) is 10.2 Å². The molecule has 2 fully saturated rings. The quantitative estimate of drug-likeness (QED) is 0.844. The van der Waals surface area contributed by atoms with E-state index in [0.29, 0.717) is 13.1 Å². The predicted octanol–water partition coefficient (Wildman–Crippen LogP) is 3.98. The first kappa shape index (κ1) is 16.7. The Morgan fingerprint density at radius 2 is 1.74 bits per heavy atom. The topological polar surface area (TPSA) is 15.3 Å². The van der Waals surface area contributed by atoms with Crippen LogP contribution < -0.4 is 5.32 Å². The first-order valence-corrected chi connectivity index (χ1v) is 8.28. The lowest BCUT2D eigenvalue weighted by Crippen LogP contribution is -2.47. The second-order valence-electron chi connectivity index (χ2n) is 6.50. The van der Waals surface area contributed by atoms with Crippen LogP contribution in [0.15, 0.2) is 18.2 Å². The van der Waals surface area contributed by atoms with Gasteiger partial charge in [0.15, 0.2) is 0 Å². The number of halogens is 4. The molecular weight excluding hydrogens is 308 g/mol. The van der Waals surface area contributed by atoms with Gasteiger partial charge < -0.3 is 5.32 Å². The zero-order chi connectivity index (χ0) is 16.4. The second-order valence-corrected chi connectivity index (χ2v) is 6.50. The second kappa shape index (κ2) is 6.77. The minimum Gasteiger partial charge on any atom is -0.314 e. The van der Waals surface area contributed by atoms with E-state index in [-0.39, 0.29) is 17.5 Å². The molecule has 0 radical (unpaired) electrons. The zero-order valence-corrected chi connectivity index (χ0v) is 13.0. The SMILES string of the molecule is Fc1ccc(C(F)(F)F)c([C@H](C2CCCC2)N2CCNCC2)c1. The minimum absolute atomic E-state index is 0.117. The van der Waals surface area contributed by atoms with Gasteiger partial charge in [0, 0.05) is 32.2 Å². The van der Waals surface area contributed by atoms with Gasteiger partial charge in [-0.15, -0.1) is 0 Å². The third-order valence-corrected chi connectivity index (χ3v) is 5.03. The number of piperazine rings is 1. The Labute approximate surface area is 133 Å². The standard InChI is InChI=1S/C17H22F4N2/c18-13-5-6-15(17(19,20)21)14(11-13)16(12-3-1-2-4-12)23-9-7-22-8-10-23/h5-6,11-12,16,22H,1-4,7-10H2/t16-/m0/s1. The number of hydrogen-bond donors (Lipinski definition) is 1. The molecule has 1 aliphatic heterocycles. The minimum atomic E-state index is -4.45. The van der Waals surface area contributed by atoms with Crippen molar-refractivity contribution < 1.29 is 17.6 Å². The van der Waals surface area contributed by atoms with Crippen molar-refractivity contribution in [2.75, 3.05) is 26.2 Å². The molecule has 2 aliphatic rings. The smallest absolute Gasteiger partial charge is 0.314 e. The van der Waals surface area contributed by atoms with Crippen LogP contribution in [0, 0.1) is 11.7 Å². The number of hydrogen-bond acceptors (Lipinski definition) is 2. The fourth-order valence-electron chi connectivity index (χ4n) is 4.02. The van der Waals surface area contributed by atoms with Crippen molar-refractivity contribution in [2.45, 2.75) is 37.9 Å². The number of alkyl halides is 3. The molecule has 2 nitrogen and oxygen atoms in total. The number of nitrogens with one attached hydrogen (secondary N) is 1. The summed E-state index contributed by atoms with van der Waals surface area (Å²) in [5.41, 5.74) is -0.569. The summed E-state index contributed by atoms with van der Waals surface area (Å²) < 4.78 is 54.1. The maximum absolute atomic E-state index is 13.8. The van der Waals surface area contributed by atoms with Crippen molar-refractivity contribution in [3.63, 3.8) is 0 Å². The molecule has 1 heterocycles. The molecule has 0 spiro atoms. The molecule has 23 heavy (non-hydrogen) atoms. The van der Waals surface area contributed by atoms with Gasteiger partial charge in [-0.1, -0.05) is 12.8 Å². The van der Waals surface area contributed by atoms with Gasteiger partial charge in [-0.25, -0.2) is 4.39 Å². The van der Waals surface area contributed by atoms with Crippen molar-refractivity contribution in [3.05, 3.63) is 35.1 Å². The fraction of sp³-hybridized carbons (Fsp3) is 0.647. The van der Waals surface area contributed by atoms with Crippen LogP contribution in [0.25, 0.3) is 0 Å². The Balaban J connectivity index is 2.03. The molecule has 128 valence electrons. The van der Waals surface area contributed by atoms with Crippen molar-refractivity contribution in [1.29, 1.82) is 0 Å². The van der Waals surface area contributed by atoms with E-state index in [0.717, 1.165) is 57.0 Å². The Morgan fingerprint density at radius 1 is 1.09 bits per heavy atom. The molecule has 1 saturated carbocycles. The lowest BCUT2D eigenvalue weighted by atomic mass is 9.86. The zero-order valence-electron chi connectivity index (χ0n) is 13.0. The van der Waals surface area contributed by atoms with Crippen molar-refractivity contribution >= 4 is 0 Å². The van der Waals surface area contributed by atoms with Crippen LogP contribution in [0.1, 0.15) is 42.9 Å². The van der Waals surface area contributed by atoms with Gasteiger partial charge in [0.25, 0.3) is 0 Å². The number of rotatable bonds is 3. The molecule has 1 saturated heterocycles. The highest BCUT2D eigenvalue weighted by Gasteiger charge is 2.40. The van der Waals surface area contributed by atoms with Gasteiger partial charge in [-0.3, -0.25) is 4.90 Å². The maximum Gasteiger partial charge on any atom is 0.416 e. The normalized spacial score (nSPS) is 22.4. The highest BCUT2D eigenvalue weighted by atomic mass is 19.4. The van der Waals surface area contributed by atoms with Crippen LogP contribution in [-0.2, 0) is 6.18 Å². The fourth-order valence-corrected chi connectivity index (χ4v) is 4.02. The maximum atomic E-state index is 13.8. The highest BCUT2D eigenvalue weighted by molar-refractivity contribution is 5.34. The molecule has 0 amide bonds. The summed E-state index contributed by atoms with van der Waals surface area (Å²) in [4.78, 5) is 2.11. The first-order valence-electron chi connectivity index (χ1n) is 8.28. The predicted molar refractivity (Wildman–Crippen MR) is 80.5 cm³/mol. The molecule has 1 aliphatic carbocycles. The van der Waals surface area contributed by atoms with Gasteiger partial charge >= 0.3 is 6.18 Å². The molecule has 3 rings (SSSR count). The molecule has 1 aromatic rings. The van der Waals surface area contributed by atoms with Gasteiger partial charge in [-0.2, -0.15) is 13.2 Å². The van der Waals surface area contributed by atoms with Gasteiger partial charge in [0.05, 0.1) is 5.56 Å². The molecular formula is C17H22F4N2. The van der Waals surface area contributed by atoms with E-state index < -0.39 is 17.6 Å². The summed E-state index contributed by atoms with van der Waals surface area (Å²) >= 11 is 0. The van der Waals surface area contributed by atoms with Crippen LogP contribution in [0.2, 0.25) is 0 Å². The molecule has 0 unspecified atom stereocenters. The summed E-state index contributed by atoms with van der Waals surface area (Å²) in [6, 6.07) is 2.57. The molecule has 0 aromatic heterocycles. The molecule has 1 atom stereocenters. The Bertz CT molecular complexity index is 532. The summed E-state index contributed by atoms with van der Waals surface area (Å²) in [5, 5.41) is 3.23. The van der Waals surface area contributed by atoms with E-state index in [9.17, 15) is 17.6 Å². The molecule has 1 N–H and O–H groups in total. The third kappa shape index (κ3) is 3.69. The monoisotopic (exact) mass is 330 g/mol. The van der Waals surface area contributed by atoms with Gasteiger partial charge in [0.1, 0.15) is 5.82 Å². The number of benzene rings is 1. The Kier molecular flexibility index (Phi) is 4.92. The van der Waals surface area contributed by atoms with E-state index in [4.69, 9.17) is 0 Å². The molecule has 6 heteroatoms. The largest absolute Gasteiger partial charge is 0.416 e. The Morgan fingerprint density at radius 3 is 2.35 bits per heavy atom. The van der Waals surface area contributed by atoms with Crippen LogP contribution in [0.3, 0.4) is 0 Å². The van der Waals surface area contributed by atoms with Crippen LogP contribution in [-0.4, -0.2) is 31.1 Å². The lowest BCUT2D eigenvalue weighted by Gasteiger charge is -2.39. The van der Waals surface area contributed by atoms with Gasteiger partial charge in [0.2, 0.25) is 0 Å². The highest BCUT2D eigenvalue weighted by Crippen LogP contribution is 2.44. The van der Waals surface area contributed by atoms with Crippen molar-refractivity contribution in [2.24, 2.45) is 5.92 Å². The third-order valence-electron chi connectivity index (χ3n) is 5.03. The summed E-state index contributed by atoms with van der Waals surface area (Å²) in [5.74, 6) is -0.415.